The van der Waals surface area contributed by atoms with Crippen molar-refractivity contribution in [2.24, 2.45) is 5.92 Å². The molecule has 1 saturated heterocycles. The van der Waals surface area contributed by atoms with E-state index in [1.54, 1.807) is 0 Å². The van der Waals surface area contributed by atoms with E-state index in [9.17, 15) is 0 Å². The molecule has 0 saturated carbocycles. The third kappa shape index (κ3) is 3.01. The van der Waals surface area contributed by atoms with Gasteiger partial charge in [-0.05, 0) is 30.9 Å². The van der Waals surface area contributed by atoms with Gasteiger partial charge in [0.15, 0.2) is 0 Å². The van der Waals surface area contributed by atoms with Crippen LogP contribution < -0.4 is 5.32 Å². The molecular formula is C12H18N2O. The topological polar surface area (TPSA) is 34.2 Å². The second-order valence-corrected chi connectivity index (χ2v) is 4.13. The number of pyridine rings is 1. The number of hydrogen-bond donors (Lipinski definition) is 1. The molecule has 1 atom stereocenters. The van der Waals surface area contributed by atoms with Gasteiger partial charge in [0.1, 0.15) is 0 Å². The highest BCUT2D eigenvalue weighted by Crippen LogP contribution is 2.11. The van der Waals surface area contributed by atoms with Gasteiger partial charge in [-0.25, -0.2) is 0 Å². The molecule has 1 aliphatic rings. The summed E-state index contributed by atoms with van der Waals surface area (Å²) < 4.78 is 5.33. The van der Waals surface area contributed by atoms with Crippen LogP contribution in [-0.2, 0) is 11.3 Å². The van der Waals surface area contributed by atoms with Crippen LogP contribution in [0, 0.1) is 12.8 Å². The second kappa shape index (κ2) is 5.24. The van der Waals surface area contributed by atoms with Crippen molar-refractivity contribution in [1.82, 2.24) is 10.3 Å². The molecule has 1 N–H and O–H groups in total. The summed E-state index contributed by atoms with van der Waals surface area (Å²) in [7, 11) is 0. The summed E-state index contributed by atoms with van der Waals surface area (Å²) in [4.78, 5) is 4.35. The zero-order valence-electron chi connectivity index (χ0n) is 9.20. The lowest BCUT2D eigenvalue weighted by Crippen LogP contribution is -2.23. The third-order valence-electron chi connectivity index (χ3n) is 2.87. The van der Waals surface area contributed by atoms with E-state index in [4.69, 9.17) is 4.74 Å². The molecule has 1 aromatic heterocycles. The fraction of sp³-hybridized carbons (Fsp3) is 0.583. The molecule has 3 nitrogen and oxygen atoms in total. The SMILES string of the molecule is Cc1cccnc1CNCC1CCOC1. The van der Waals surface area contributed by atoms with E-state index >= 15 is 0 Å². The van der Waals surface area contributed by atoms with Crippen LogP contribution in [0.5, 0.6) is 0 Å². The van der Waals surface area contributed by atoms with Crippen LogP contribution in [0.2, 0.25) is 0 Å². The zero-order chi connectivity index (χ0) is 10.5. The van der Waals surface area contributed by atoms with Crippen LogP contribution in [-0.4, -0.2) is 24.7 Å². The molecule has 0 bridgehead atoms. The van der Waals surface area contributed by atoms with Crippen molar-refractivity contribution in [2.75, 3.05) is 19.8 Å². The predicted molar refractivity (Wildman–Crippen MR) is 59.6 cm³/mol. The Balaban J connectivity index is 1.75. The molecule has 1 aromatic rings. The minimum atomic E-state index is 0.689. The van der Waals surface area contributed by atoms with Crippen LogP contribution >= 0.6 is 0 Å². The monoisotopic (exact) mass is 206 g/mol. The normalized spacial score (nSPS) is 20.7. The minimum Gasteiger partial charge on any atom is -0.381 e. The van der Waals surface area contributed by atoms with E-state index in [-0.39, 0.29) is 0 Å². The molecule has 1 unspecified atom stereocenters. The highest BCUT2D eigenvalue weighted by molar-refractivity contribution is 5.17. The van der Waals surface area contributed by atoms with Gasteiger partial charge in [-0.15, -0.1) is 0 Å². The highest BCUT2D eigenvalue weighted by atomic mass is 16.5. The van der Waals surface area contributed by atoms with Crippen molar-refractivity contribution >= 4 is 0 Å². The van der Waals surface area contributed by atoms with Gasteiger partial charge in [0.2, 0.25) is 0 Å². The predicted octanol–water partition coefficient (Wildman–Crippen LogP) is 1.52. The molecule has 0 aromatic carbocycles. The lowest BCUT2D eigenvalue weighted by atomic mass is 10.1. The average molecular weight is 206 g/mol. The highest BCUT2D eigenvalue weighted by Gasteiger charge is 2.14. The Labute approximate surface area is 90.9 Å². The summed E-state index contributed by atoms with van der Waals surface area (Å²) in [6.07, 6.45) is 3.04. The smallest absolute Gasteiger partial charge is 0.0570 e. The summed E-state index contributed by atoms with van der Waals surface area (Å²) >= 11 is 0. The average Bonchev–Trinajstić information content (AvgIpc) is 2.74. The maximum absolute atomic E-state index is 5.33. The van der Waals surface area contributed by atoms with Crippen LogP contribution in [0.4, 0.5) is 0 Å². The van der Waals surface area contributed by atoms with E-state index in [1.807, 2.05) is 12.3 Å². The maximum atomic E-state index is 5.33. The molecule has 0 radical (unpaired) electrons. The van der Waals surface area contributed by atoms with Gasteiger partial charge in [-0.1, -0.05) is 6.07 Å². The first-order chi connectivity index (χ1) is 7.36. The van der Waals surface area contributed by atoms with E-state index in [2.05, 4.69) is 23.3 Å². The number of ether oxygens (including phenoxy) is 1. The number of aryl methyl sites for hydroxylation is 1. The fourth-order valence-electron chi connectivity index (χ4n) is 1.84. The van der Waals surface area contributed by atoms with Gasteiger partial charge in [-0.2, -0.15) is 0 Å². The Bertz CT molecular complexity index is 308. The van der Waals surface area contributed by atoms with Crippen LogP contribution in [0.3, 0.4) is 0 Å². The largest absolute Gasteiger partial charge is 0.381 e. The Hall–Kier alpha value is -0.930. The number of nitrogens with zero attached hydrogens (tertiary/aromatic N) is 1. The molecule has 0 spiro atoms. The van der Waals surface area contributed by atoms with Crippen LogP contribution in [0.1, 0.15) is 17.7 Å². The molecular weight excluding hydrogens is 188 g/mol. The third-order valence-corrected chi connectivity index (χ3v) is 2.87. The zero-order valence-corrected chi connectivity index (χ0v) is 9.20. The van der Waals surface area contributed by atoms with Crippen molar-refractivity contribution in [3.63, 3.8) is 0 Å². The summed E-state index contributed by atoms with van der Waals surface area (Å²) in [5, 5.41) is 3.44. The quantitative estimate of drug-likeness (QED) is 0.811. The number of rotatable bonds is 4. The van der Waals surface area contributed by atoms with Gasteiger partial charge < -0.3 is 10.1 Å². The maximum Gasteiger partial charge on any atom is 0.0570 e. The van der Waals surface area contributed by atoms with Gasteiger partial charge in [0.25, 0.3) is 0 Å². The lowest BCUT2D eigenvalue weighted by Gasteiger charge is -2.09. The first-order valence-corrected chi connectivity index (χ1v) is 5.55. The number of aromatic nitrogens is 1. The fourth-order valence-corrected chi connectivity index (χ4v) is 1.84. The summed E-state index contributed by atoms with van der Waals surface area (Å²) in [5.41, 5.74) is 2.41. The molecule has 15 heavy (non-hydrogen) atoms. The van der Waals surface area contributed by atoms with Crippen LogP contribution in [0.15, 0.2) is 18.3 Å². The van der Waals surface area contributed by atoms with Gasteiger partial charge in [0.05, 0.1) is 12.3 Å². The van der Waals surface area contributed by atoms with Gasteiger partial charge in [-0.3, -0.25) is 4.98 Å². The molecule has 82 valence electrons. The summed E-state index contributed by atoms with van der Waals surface area (Å²) in [6, 6.07) is 4.08. The van der Waals surface area contributed by atoms with Gasteiger partial charge in [0, 0.05) is 25.9 Å². The molecule has 3 heteroatoms. The summed E-state index contributed by atoms with van der Waals surface area (Å²) in [5.74, 6) is 0.689. The van der Waals surface area contributed by atoms with Gasteiger partial charge >= 0.3 is 0 Å². The Kier molecular flexibility index (Phi) is 3.69. The van der Waals surface area contributed by atoms with E-state index in [0.717, 1.165) is 32.0 Å². The molecule has 0 aliphatic carbocycles. The first-order valence-electron chi connectivity index (χ1n) is 5.55. The molecule has 2 rings (SSSR count). The van der Waals surface area contributed by atoms with Crippen molar-refractivity contribution in [2.45, 2.75) is 19.9 Å². The number of hydrogen-bond acceptors (Lipinski definition) is 3. The van der Waals surface area contributed by atoms with Crippen molar-refractivity contribution in [3.05, 3.63) is 29.6 Å². The first kappa shape index (κ1) is 10.6. The molecule has 2 heterocycles. The minimum absolute atomic E-state index is 0.689. The van der Waals surface area contributed by atoms with E-state index in [0.29, 0.717) is 5.92 Å². The van der Waals surface area contributed by atoms with Crippen molar-refractivity contribution < 1.29 is 4.74 Å². The van der Waals surface area contributed by atoms with Crippen molar-refractivity contribution in [1.29, 1.82) is 0 Å². The van der Waals surface area contributed by atoms with Crippen LogP contribution in [0.25, 0.3) is 0 Å². The van der Waals surface area contributed by atoms with Crippen molar-refractivity contribution in [3.8, 4) is 0 Å². The Morgan fingerprint density at radius 2 is 2.53 bits per heavy atom. The summed E-state index contributed by atoms with van der Waals surface area (Å²) in [6.45, 7) is 5.84. The Morgan fingerprint density at radius 1 is 1.60 bits per heavy atom. The lowest BCUT2D eigenvalue weighted by molar-refractivity contribution is 0.185. The molecule has 0 amide bonds. The molecule has 1 fully saturated rings. The second-order valence-electron chi connectivity index (χ2n) is 4.13. The van der Waals surface area contributed by atoms with E-state index in [1.165, 1.54) is 12.0 Å². The van der Waals surface area contributed by atoms with E-state index < -0.39 is 0 Å². The number of nitrogens with one attached hydrogen (secondary N) is 1. The Morgan fingerprint density at radius 3 is 3.27 bits per heavy atom. The standard InChI is InChI=1S/C12H18N2O/c1-10-3-2-5-14-12(10)8-13-7-11-4-6-15-9-11/h2-3,5,11,13H,4,6-9H2,1H3. The molecule has 1 aliphatic heterocycles.